The van der Waals surface area contributed by atoms with Crippen molar-refractivity contribution in [1.29, 1.82) is 0 Å². The van der Waals surface area contributed by atoms with Gasteiger partial charge >= 0.3 is 0 Å². The minimum Gasteiger partial charge on any atom is -0.369 e. The summed E-state index contributed by atoms with van der Waals surface area (Å²) < 4.78 is 1.88. The number of hydrogen-bond acceptors (Lipinski definition) is 4. The summed E-state index contributed by atoms with van der Waals surface area (Å²) in [5.74, 6) is 0.718. The maximum absolute atomic E-state index is 5.57. The summed E-state index contributed by atoms with van der Waals surface area (Å²) in [5.41, 5.74) is 0. The van der Waals surface area contributed by atoms with Gasteiger partial charge in [-0.25, -0.2) is 4.98 Å². The van der Waals surface area contributed by atoms with Crippen molar-refractivity contribution in [3.63, 3.8) is 0 Å². The van der Waals surface area contributed by atoms with Crippen LogP contribution in [0.3, 0.4) is 0 Å². The van der Waals surface area contributed by atoms with Crippen molar-refractivity contribution in [1.82, 2.24) is 19.7 Å². The van der Waals surface area contributed by atoms with E-state index in [1.165, 1.54) is 6.20 Å². The number of rotatable bonds is 3. The summed E-state index contributed by atoms with van der Waals surface area (Å²) in [5, 5.41) is 7.36. The van der Waals surface area contributed by atoms with Crippen molar-refractivity contribution in [2.24, 2.45) is 0 Å². The van der Waals surface area contributed by atoms with Crippen molar-refractivity contribution in [2.45, 2.75) is 34.2 Å². The van der Waals surface area contributed by atoms with E-state index in [4.69, 9.17) is 11.6 Å². The molecule has 0 radical (unpaired) electrons. The highest BCUT2D eigenvalue weighted by Crippen LogP contribution is 2.05. The van der Waals surface area contributed by atoms with Crippen LogP contribution >= 0.6 is 11.6 Å². The normalized spacial score (nSPS) is 8.68. The lowest BCUT2D eigenvalue weighted by atomic mass is 10.6. The fourth-order valence-corrected chi connectivity index (χ4v) is 1.24. The zero-order chi connectivity index (χ0) is 14.5. The van der Waals surface area contributed by atoms with Gasteiger partial charge in [0.25, 0.3) is 0 Å². The SMILES string of the molecule is CC.CCNc1cncc(Cl)n1.CCn1cccn1. The van der Waals surface area contributed by atoms with Crippen LogP contribution in [0.15, 0.2) is 30.9 Å². The maximum Gasteiger partial charge on any atom is 0.149 e. The van der Waals surface area contributed by atoms with Gasteiger partial charge in [-0.3, -0.25) is 9.67 Å². The van der Waals surface area contributed by atoms with E-state index in [-0.39, 0.29) is 0 Å². The zero-order valence-corrected chi connectivity index (χ0v) is 12.7. The second kappa shape index (κ2) is 11.5. The van der Waals surface area contributed by atoms with E-state index < -0.39 is 0 Å². The predicted octanol–water partition coefficient (Wildman–Crippen LogP) is 3.49. The Morgan fingerprint density at radius 1 is 1.26 bits per heavy atom. The molecule has 0 aliphatic heterocycles. The molecule has 0 aliphatic rings. The Balaban J connectivity index is 0.000000316. The number of nitrogens with zero attached hydrogens (tertiary/aromatic N) is 4. The van der Waals surface area contributed by atoms with Gasteiger partial charge in [0, 0.05) is 25.5 Å². The topological polar surface area (TPSA) is 55.6 Å². The number of aromatic nitrogens is 4. The molecular weight excluding hydrogens is 262 g/mol. The molecular formula is C13H22ClN5. The quantitative estimate of drug-likeness (QED) is 0.937. The van der Waals surface area contributed by atoms with Crippen molar-refractivity contribution >= 4 is 17.4 Å². The molecule has 2 heterocycles. The summed E-state index contributed by atoms with van der Waals surface area (Å²) in [4.78, 5) is 7.80. The summed E-state index contributed by atoms with van der Waals surface area (Å²) in [6, 6.07) is 1.92. The van der Waals surface area contributed by atoms with Gasteiger partial charge in [0.05, 0.1) is 12.4 Å². The van der Waals surface area contributed by atoms with Crippen LogP contribution in [0.5, 0.6) is 0 Å². The lowest BCUT2D eigenvalue weighted by Gasteiger charge is -1.99. The third-order valence-electron chi connectivity index (χ3n) is 1.85. The Morgan fingerprint density at radius 2 is 2.00 bits per heavy atom. The van der Waals surface area contributed by atoms with Gasteiger partial charge < -0.3 is 5.32 Å². The molecule has 19 heavy (non-hydrogen) atoms. The molecule has 1 N–H and O–H groups in total. The Labute approximate surface area is 120 Å². The maximum atomic E-state index is 5.57. The lowest BCUT2D eigenvalue weighted by molar-refractivity contribution is 0.660. The fraction of sp³-hybridized carbons (Fsp3) is 0.462. The largest absolute Gasteiger partial charge is 0.369 e. The molecule has 0 bridgehead atoms. The minimum absolute atomic E-state index is 0.415. The smallest absolute Gasteiger partial charge is 0.149 e. The van der Waals surface area contributed by atoms with Crippen LogP contribution in [0.2, 0.25) is 5.15 Å². The number of halogens is 1. The lowest BCUT2D eigenvalue weighted by Crippen LogP contribution is -1.99. The molecule has 106 valence electrons. The van der Waals surface area contributed by atoms with Crippen LogP contribution in [-0.4, -0.2) is 26.3 Å². The number of nitrogens with one attached hydrogen (secondary N) is 1. The summed E-state index contributed by atoms with van der Waals surface area (Å²) in [6.45, 7) is 9.84. The van der Waals surface area contributed by atoms with E-state index >= 15 is 0 Å². The molecule has 0 atom stereocenters. The van der Waals surface area contributed by atoms with Gasteiger partial charge in [0.1, 0.15) is 11.0 Å². The van der Waals surface area contributed by atoms with Crippen molar-refractivity contribution in [3.8, 4) is 0 Å². The number of anilines is 1. The average molecular weight is 284 g/mol. The predicted molar refractivity (Wildman–Crippen MR) is 80.5 cm³/mol. The molecule has 2 aromatic heterocycles. The van der Waals surface area contributed by atoms with Crippen LogP contribution in [0.4, 0.5) is 5.82 Å². The summed E-state index contributed by atoms with van der Waals surface area (Å²) >= 11 is 5.57. The molecule has 2 rings (SSSR count). The van der Waals surface area contributed by atoms with E-state index in [2.05, 4.69) is 27.3 Å². The highest BCUT2D eigenvalue weighted by Gasteiger charge is 1.91. The zero-order valence-electron chi connectivity index (χ0n) is 12.0. The fourth-order valence-electron chi connectivity index (χ4n) is 1.10. The Morgan fingerprint density at radius 3 is 2.42 bits per heavy atom. The third kappa shape index (κ3) is 8.15. The Bertz CT molecular complexity index is 417. The molecule has 0 unspecified atom stereocenters. The van der Waals surface area contributed by atoms with Crippen LogP contribution in [0.25, 0.3) is 0 Å². The average Bonchev–Trinajstić information content (AvgIpc) is 2.95. The van der Waals surface area contributed by atoms with Crippen molar-refractivity contribution in [2.75, 3.05) is 11.9 Å². The first-order chi connectivity index (χ1) is 9.26. The highest BCUT2D eigenvalue weighted by atomic mass is 35.5. The van der Waals surface area contributed by atoms with Crippen LogP contribution in [0.1, 0.15) is 27.7 Å². The molecule has 0 saturated carbocycles. The molecule has 2 aromatic rings. The van der Waals surface area contributed by atoms with E-state index in [1.807, 2.05) is 37.7 Å². The second-order valence-corrected chi connectivity index (χ2v) is 3.51. The van der Waals surface area contributed by atoms with Crippen LogP contribution in [-0.2, 0) is 6.54 Å². The Hall–Kier alpha value is -1.62. The highest BCUT2D eigenvalue weighted by molar-refractivity contribution is 6.29. The van der Waals surface area contributed by atoms with E-state index in [1.54, 1.807) is 12.4 Å². The van der Waals surface area contributed by atoms with Gasteiger partial charge in [-0.05, 0) is 19.9 Å². The first-order valence-corrected chi connectivity index (χ1v) is 6.82. The van der Waals surface area contributed by atoms with Gasteiger partial charge in [0.2, 0.25) is 0 Å². The molecule has 6 heteroatoms. The molecule has 0 amide bonds. The van der Waals surface area contributed by atoms with Gasteiger partial charge in [0.15, 0.2) is 0 Å². The van der Waals surface area contributed by atoms with Gasteiger partial charge in [-0.1, -0.05) is 25.4 Å². The molecule has 0 spiro atoms. The molecule has 0 fully saturated rings. The van der Waals surface area contributed by atoms with Crippen molar-refractivity contribution < 1.29 is 0 Å². The van der Waals surface area contributed by atoms with E-state index in [0.717, 1.165) is 18.9 Å². The number of hydrogen-bond donors (Lipinski definition) is 1. The monoisotopic (exact) mass is 283 g/mol. The molecule has 5 nitrogen and oxygen atoms in total. The van der Waals surface area contributed by atoms with E-state index in [9.17, 15) is 0 Å². The third-order valence-corrected chi connectivity index (χ3v) is 2.03. The standard InChI is InChI=1S/C6H8ClN3.C5H8N2.C2H6/c1-2-9-6-4-8-3-5(7)10-6;1-2-7-5-3-4-6-7;1-2/h3-4H,2H2,1H3,(H,9,10);3-5H,2H2,1H3;1-2H3. The van der Waals surface area contributed by atoms with Crippen molar-refractivity contribution in [3.05, 3.63) is 36.0 Å². The first-order valence-electron chi connectivity index (χ1n) is 6.45. The summed E-state index contributed by atoms with van der Waals surface area (Å²) in [7, 11) is 0. The van der Waals surface area contributed by atoms with Crippen LogP contribution < -0.4 is 5.32 Å². The molecule has 0 aliphatic carbocycles. The summed E-state index contributed by atoms with van der Waals surface area (Å²) in [6.07, 6.45) is 6.86. The second-order valence-electron chi connectivity index (χ2n) is 3.12. The van der Waals surface area contributed by atoms with E-state index in [0.29, 0.717) is 5.15 Å². The number of aryl methyl sites for hydroxylation is 1. The Kier molecular flexibility index (Phi) is 10.5. The van der Waals surface area contributed by atoms with Gasteiger partial charge in [-0.2, -0.15) is 5.10 Å². The first kappa shape index (κ1) is 17.4. The van der Waals surface area contributed by atoms with Crippen LogP contribution in [0, 0.1) is 0 Å². The van der Waals surface area contributed by atoms with Gasteiger partial charge in [-0.15, -0.1) is 0 Å². The molecule has 0 saturated heterocycles. The minimum atomic E-state index is 0.415. The molecule has 0 aromatic carbocycles.